The highest BCUT2D eigenvalue weighted by Gasteiger charge is 2.22. The first-order valence-electron chi connectivity index (χ1n) is 13.1. The third-order valence-corrected chi connectivity index (χ3v) is 7.13. The van der Waals surface area contributed by atoms with Gasteiger partial charge in [-0.05, 0) is 48.6 Å². The number of thiazole rings is 1. The van der Waals surface area contributed by atoms with Crippen molar-refractivity contribution in [3.8, 4) is 11.5 Å². The summed E-state index contributed by atoms with van der Waals surface area (Å²) in [5.74, 6) is 0.924. The lowest BCUT2D eigenvalue weighted by molar-refractivity contribution is -0.129. The van der Waals surface area contributed by atoms with Gasteiger partial charge in [-0.3, -0.25) is 14.4 Å². The topological polar surface area (TPSA) is 101 Å². The van der Waals surface area contributed by atoms with Crippen LogP contribution in [0.4, 0.5) is 5.13 Å². The zero-order valence-corrected chi connectivity index (χ0v) is 24.8. The van der Waals surface area contributed by atoms with Crippen molar-refractivity contribution in [2.75, 3.05) is 46.2 Å². The molecule has 1 aromatic heterocycles. The lowest BCUT2D eigenvalue weighted by atomic mass is 10.1. The van der Waals surface area contributed by atoms with Gasteiger partial charge in [0, 0.05) is 31.1 Å². The van der Waals surface area contributed by atoms with Crippen molar-refractivity contribution in [3.05, 3.63) is 70.2 Å². The number of likely N-dealkylation sites (N-methyl/N-ethyl adjacent to an activating group) is 1. The van der Waals surface area contributed by atoms with E-state index in [0.717, 1.165) is 11.1 Å². The molecule has 0 fully saturated rings. The van der Waals surface area contributed by atoms with Gasteiger partial charge < -0.3 is 24.6 Å². The van der Waals surface area contributed by atoms with Crippen LogP contribution in [0.1, 0.15) is 41.0 Å². The van der Waals surface area contributed by atoms with Gasteiger partial charge in [0.25, 0.3) is 5.91 Å². The summed E-state index contributed by atoms with van der Waals surface area (Å²) in [7, 11) is 4.94. The Kier molecular flexibility index (Phi) is 11.1. The van der Waals surface area contributed by atoms with Crippen LogP contribution in [0.2, 0.25) is 0 Å². The SMILES string of the molecule is COc1ccc(CCN(C)C(=O)Cc2csc(NC(=O)CN(CC(C)C)C(=O)c3ccccc3C)n2)cc1OC. The van der Waals surface area contributed by atoms with Crippen molar-refractivity contribution in [2.45, 2.75) is 33.6 Å². The van der Waals surface area contributed by atoms with Gasteiger partial charge in [0.05, 0.1) is 26.3 Å². The molecule has 2 aromatic carbocycles. The summed E-state index contributed by atoms with van der Waals surface area (Å²) >= 11 is 1.25. The number of anilines is 1. The summed E-state index contributed by atoms with van der Waals surface area (Å²) in [6.07, 6.45) is 0.787. The van der Waals surface area contributed by atoms with Gasteiger partial charge in [0.1, 0.15) is 6.54 Å². The molecule has 0 aliphatic carbocycles. The number of benzene rings is 2. The molecule has 1 heterocycles. The Bertz CT molecular complexity index is 1320. The first-order valence-corrected chi connectivity index (χ1v) is 14.0. The molecule has 0 unspecified atom stereocenters. The molecule has 0 saturated carbocycles. The van der Waals surface area contributed by atoms with Crippen LogP contribution in [-0.2, 0) is 22.4 Å². The van der Waals surface area contributed by atoms with Crippen LogP contribution in [0.3, 0.4) is 0 Å². The summed E-state index contributed by atoms with van der Waals surface area (Å²) in [6, 6.07) is 13.1. The maximum Gasteiger partial charge on any atom is 0.254 e. The minimum absolute atomic E-state index is 0.0735. The Balaban J connectivity index is 1.54. The first-order chi connectivity index (χ1) is 19.1. The number of ether oxygens (including phenoxy) is 2. The van der Waals surface area contributed by atoms with E-state index in [4.69, 9.17) is 9.47 Å². The van der Waals surface area contributed by atoms with Gasteiger partial charge in [0.15, 0.2) is 16.6 Å². The zero-order chi connectivity index (χ0) is 29.2. The summed E-state index contributed by atoms with van der Waals surface area (Å²) in [5, 5.41) is 4.94. The van der Waals surface area contributed by atoms with Gasteiger partial charge in [-0.2, -0.15) is 0 Å². The van der Waals surface area contributed by atoms with Crippen molar-refractivity contribution >= 4 is 34.2 Å². The molecule has 40 heavy (non-hydrogen) atoms. The Hall–Kier alpha value is -3.92. The number of aryl methyl sites for hydroxylation is 1. The van der Waals surface area contributed by atoms with Crippen molar-refractivity contribution in [2.24, 2.45) is 5.92 Å². The van der Waals surface area contributed by atoms with Crippen LogP contribution in [0.15, 0.2) is 47.8 Å². The molecule has 214 valence electrons. The molecule has 1 N–H and O–H groups in total. The number of nitrogens with one attached hydrogen (secondary N) is 1. The van der Waals surface area contributed by atoms with Gasteiger partial charge in [-0.25, -0.2) is 4.98 Å². The molecule has 3 amide bonds. The predicted molar refractivity (Wildman–Crippen MR) is 157 cm³/mol. The van der Waals surface area contributed by atoms with Crippen molar-refractivity contribution in [1.82, 2.24) is 14.8 Å². The number of amides is 3. The third-order valence-electron chi connectivity index (χ3n) is 6.32. The minimum atomic E-state index is -0.332. The number of rotatable bonds is 13. The molecule has 3 aromatic rings. The van der Waals surface area contributed by atoms with Crippen molar-refractivity contribution in [3.63, 3.8) is 0 Å². The smallest absolute Gasteiger partial charge is 0.254 e. The van der Waals surface area contributed by atoms with Crippen LogP contribution < -0.4 is 14.8 Å². The highest BCUT2D eigenvalue weighted by Crippen LogP contribution is 2.27. The molecule has 0 atom stereocenters. The van der Waals surface area contributed by atoms with E-state index in [1.54, 1.807) is 42.5 Å². The Morgan fingerprint density at radius 2 is 1.77 bits per heavy atom. The van der Waals surface area contributed by atoms with Crippen LogP contribution in [0, 0.1) is 12.8 Å². The number of aromatic nitrogens is 1. The Morgan fingerprint density at radius 3 is 2.45 bits per heavy atom. The Morgan fingerprint density at radius 1 is 1.05 bits per heavy atom. The fourth-order valence-corrected chi connectivity index (χ4v) is 4.89. The minimum Gasteiger partial charge on any atom is -0.493 e. The highest BCUT2D eigenvalue weighted by atomic mass is 32.1. The average molecular weight is 567 g/mol. The van der Waals surface area contributed by atoms with E-state index >= 15 is 0 Å². The van der Waals surface area contributed by atoms with E-state index in [-0.39, 0.29) is 36.6 Å². The quantitative estimate of drug-likeness (QED) is 0.328. The molecule has 0 saturated heterocycles. The molecule has 0 aliphatic rings. The standard InChI is InChI=1S/C30H38N4O5S/c1-20(2)17-34(29(37)24-10-8-7-9-21(24)3)18-27(35)32-30-31-23(19-40-30)16-28(36)33(4)14-13-22-11-12-25(38-5)26(15-22)39-6/h7-12,15,19-20H,13-14,16-18H2,1-6H3,(H,31,32,35). The number of hydrogen-bond donors (Lipinski definition) is 1. The molecule has 10 heteroatoms. The molecule has 9 nitrogen and oxygen atoms in total. The van der Waals surface area contributed by atoms with Crippen molar-refractivity contribution < 1.29 is 23.9 Å². The second-order valence-electron chi connectivity index (χ2n) is 10.0. The average Bonchev–Trinajstić information content (AvgIpc) is 3.36. The molecule has 0 radical (unpaired) electrons. The van der Waals surface area contributed by atoms with Crippen LogP contribution in [0.25, 0.3) is 0 Å². The molecule has 0 bridgehead atoms. The van der Waals surface area contributed by atoms with E-state index in [1.165, 1.54) is 11.3 Å². The number of hydrogen-bond acceptors (Lipinski definition) is 7. The Labute approximate surface area is 240 Å². The van der Waals surface area contributed by atoms with E-state index in [1.807, 2.05) is 57.2 Å². The van der Waals surface area contributed by atoms with E-state index in [2.05, 4.69) is 10.3 Å². The largest absolute Gasteiger partial charge is 0.493 e. The summed E-state index contributed by atoms with van der Waals surface area (Å²) < 4.78 is 10.6. The maximum absolute atomic E-state index is 13.2. The van der Waals surface area contributed by atoms with Gasteiger partial charge in [-0.15, -0.1) is 11.3 Å². The molecule has 0 spiro atoms. The van der Waals surface area contributed by atoms with Gasteiger partial charge >= 0.3 is 0 Å². The first kappa shape index (κ1) is 30.6. The van der Waals surface area contributed by atoms with Gasteiger partial charge in [0.2, 0.25) is 11.8 Å². The van der Waals surface area contributed by atoms with E-state index < -0.39 is 0 Å². The fraction of sp³-hybridized carbons (Fsp3) is 0.400. The molecule has 3 rings (SSSR count). The van der Waals surface area contributed by atoms with E-state index in [0.29, 0.717) is 47.4 Å². The second kappa shape index (κ2) is 14.5. The lowest BCUT2D eigenvalue weighted by Crippen LogP contribution is -2.40. The summed E-state index contributed by atoms with van der Waals surface area (Å²) in [5.41, 5.74) is 3.06. The lowest BCUT2D eigenvalue weighted by Gasteiger charge is -2.24. The molecule has 0 aliphatic heterocycles. The number of carbonyl (C=O) groups excluding carboxylic acids is 3. The van der Waals surface area contributed by atoms with Crippen LogP contribution >= 0.6 is 11.3 Å². The van der Waals surface area contributed by atoms with Crippen molar-refractivity contribution in [1.29, 1.82) is 0 Å². The number of methoxy groups -OCH3 is 2. The highest BCUT2D eigenvalue weighted by molar-refractivity contribution is 7.13. The molecular formula is C30H38N4O5S. The molecular weight excluding hydrogens is 528 g/mol. The van der Waals surface area contributed by atoms with Crippen LogP contribution in [-0.4, -0.2) is 73.4 Å². The van der Waals surface area contributed by atoms with Gasteiger partial charge in [-0.1, -0.05) is 38.1 Å². The summed E-state index contributed by atoms with van der Waals surface area (Å²) in [6.45, 7) is 6.79. The normalized spacial score (nSPS) is 10.8. The maximum atomic E-state index is 13.2. The second-order valence-corrected chi connectivity index (χ2v) is 10.9. The zero-order valence-electron chi connectivity index (χ0n) is 24.0. The third kappa shape index (κ3) is 8.54. The fourth-order valence-electron chi connectivity index (χ4n) is 4.17. The number of carbonyl (C=O) groups is 3. The predicted octanol–water partition coefficient (Wildman–Crippen LogP) is 4.45. The van der Waals surface area contributed by atoms with E-state index in [9.17, 15) is 14.4 Å². The van der Waals surface area contributed by atoms with Crippen LogP contribution in [0.5, 0.6) is 11.5 Å². The monoisotopic (exact) mass is 566 g/mol. The summed E-state index contributed by atoms with van der Waals surface area (Å²) in [4.78, 5) is 46.4. The number of nitrogens with zero attached hydrogens (tertiary/aromatic N) is 3.